The molecule has 0 bridgehead atoms. The van der Waals surface area contributed by atoms with Crippen LogP contribution in [0.1, 0.15) is 52.4 Å². The van der Waals surface area contributed by atoms with Gasteiger partial charge in [-0.15, -0.1) is 0 Å². The maximum Gasteiger partial charge on any atom is 0.311 e. The third-order valence-corrected chi connectivity index (χ3v) is 3.37. The fourth-order valence-corrected chi connectivity index (χ4v) is 2.31. The first-order valence-corrected chi connectivity index (χ1v) is 7.13. The van der Waals surface area contributed by atoms with Gasteiger partial charge in [-0.3, -0.25) is 9.59 Å². The molecule has 0 aromatic rings. The van der Waals surface area contributed by atoms with Gasteiger partial charge in [0.15, 0.2) is 0 Å². The third-order valence-electron chi connectivity index (χ3n) is 3.37. The highest BCUT2D eigenvalue weighted by Crippen LogP contribution is 2.19. The van der Waals surface area contributed by atoms with E-state index in [-0.39, 0.29) is 17.8 Å². The Balaban J connectivity index is 2.23. The summed E-state index contributed by atoms with van der Waals surface area (Å²) in [6.07, 6.45) is 6.27. The Morgan fingerprint density at radius 3 is 2.67 bits per heavy atom. The molecule has 1 aliphatic heterocycles. The van der Waals surface area contributed by atoms with Gasteiger partial charge in [0.1, 0.15) is 0 Å². The minimum absolute atomic E-state index is 0.101. The number of nitrogens with zero attached hydrogens (tertiary/aromatic N) is 1. The zero-order chi connectivity index (χ0) is 13.4. The SMILES string of the molecule is CCCCCCCN1CC(C(=O)OCC)CC1=O. The summed E-state index contributed by atoms with van der Waals surface area (Å²) in [6, 6.07) is 0. The molecule has 1 heterocycles. The van der Waals surface area contributed by atoms with Crippen LogP contribution in [0.3, 0.4) is 0 Å². The molecule has 104 valence electrons. The van der Waals surface area contributed by atoms with Crippen LogP contribution >= 0.6 is 0 Å². The Bertz CT molecular complexity index is 278. The van der Waals surface area contributed by atoms with E-state index in [4.69, 9.17) is 4.74 Å². The highest BCUT2D eigenvalue weighted by atomic mass is 16.5. The molecular formula is C14H25NO3. The van der Waals surface area contributed by atoms with Crippen LogP contribution in [-0.2, 0) is 14.3 Å². The van der Waals surface area contributed by atoms with Gasteiger partial charge in [-0.1, -0.05) is 32.6 Å². The lowest BCUT2D eigenvalue weighted by Gasteiger charge is -2.16. The van der Waals surface area contributed by atoms with Gasteiger partial charge in [0.2, 0.25) is 5.91 Å². The Labute approximate surface area is 110 Å². The molecule has 0 spiro atoms. The van der Waals surface area contributed by atoms with Gasteiger partial charge in [0.25, 0.3) is 0 Å². The van der Waals surface area contributed by atoms with Crippen LogP contribution in [0, 0.1) is 5.92 Å². The molecule has 1 saturated heterocycles. The van der Waals surface area contributed by atoms with Gasteiger partial charge >= 0.3 is 5.97 Å². The van der Waals surface area contributed by atoms with Crippen molar-refractivity contribution in [3.05, 3.63) is 0 Å². The van der Waals surface area contributed by atoms with E-state index in [0.717, 1.165) is 13.0 Å². The smallest absolute Gasteiger partial charge is 0.311 e. The Hall–Kier alpha value is -1.06. The number of unbranched alkanes of at least 4 members (excludes halogenated alkanes) is 4. The maximum absolute atomic E-state index is 11.7. The van der Waals surface area contributed by atoms with Crippen molar-refractivity contribution in [2.24, 2.45) is 5.92 Å². The highest BCUT2D eigenvalue weighted by molar-refractivity contribution is 5.86. The molecule has 18 heavy (non-hydrogen) atoms. The number of rotatable bonds is 8. The van der Waals surface area contributed by atoms with Gasteiger partial charge < -0.3 is 9.64 Å². The molecule has 1 atom stereocenters. The van der Waals surface area contributed by atoms with Crippen LogP contribution in [0.2, 0.25) is 0 Å². The molecule has 0 saturated carbocycles. The normalized spacial score (nSPS) is 19.3. The molecule has 1 aliphatic rings. The summed E-state index contributed by atoms with van der Waals surface area (Å²) in [7, 11) is 0. The topological polar surface area (TPSA) is 46.6 Å². The first-order valence-electron chi connectivity index (χ1n) is 7.13. The van der Waals surface area contributed by atoms with Crippen molar-refractivity contribution in [2.45, 2.75) is 52.4 Å². The largest absolute Gasteiger partial charge is 0.466 e. The summed E-state index contributed by atoms with van der Waals surface area (Å²) >= 11 is 0. The van der Waals surface area contributed by atoms with E-state index in [2.05, 4.69) is 6.92 Å². The number of carbonyl (C=O) groups excluding carboxylic acids is 2. The van der Waals surface area contributed by atoms with Crippen molar-refractivity contribution in [1.82, 2.24) is 4.90 Å². The fourth-order valence-electron chi connectivity index (χ4n) is 2.31. The van der Waals surface area contributed by atoms with Gasteiger partial charge in [-0.05, 0) is 13.3 Å². The second-order valence-electron chi connectivity index (χ2n) is 4.91. The molecule has 1 amide bonds. The van der Waals surface area contributed by atoms with Crippen LogP contribution in [-0.4, -0.2) is 36.5 Å². The van der Waals surface area contributed by atoms with Crippen LogP contribution in [0.25, 0.3) is 0 Å². The number of amides is 1. The zero-order valence-electron chi connectivity index (χ0n) is 11.6. The van der Waals surface area contributed by atoms with Crippen molar-refractivity contribution < 1.29 is 14.3 Å². The van der Waals surface area contributed by atoms with Gasteiger partial charge in [-0.25, -0.2) is 0 Å². The number of ether oxygens (including phenoxy) is 1. The van der Waals surface area contributed by atoms with E-state index in [0.29, 0.717) is 19.6 Å². The van der Waals surface area contributed by atoms with Gasteiger partial charge in [-0.2, -0.15) is 0 Å². The molecule has 4 heteroatoms. The van der Waals surface area contributed by atoms with E-state index in [1.807, 2.05) is 4.90 Å². The molecule has 0 aliphatic carbocycles. The van der Waals surface area contributed by atoms with Crippen molar-refractivity contribution in [3.63, 3.8) is 0 Å². The Morgan fingerprint density at radius 1 is 1.28 bits per heavy atom. The molecule has 0 aromatic heterocycles. The average Bonchev–Trinajstić information content (AvgIpc) is 2.71. The number of likely N-dealkylation sites (tertiary alicyclic amines) is 1. The lowest BCUT2D eigenvalue weighted by atomic mass is 10.1. The zero-order valence-corrected chi connectivity index (χ0v) is 11.6. The number of hydrogen-bond acceptors (Lipinski definition) is 3. The van der Waals surface area contributed by atoms with Crippen molar-refractivity contribution in [1.29, 1.82) is 0 Å². The fraction of sp³-hybridized carbons (Fsp3) is 0.857. The van der Waals surface area contributed by atoms with E-state index >= 15 is 0 Å². The summed E-state index contributed by atoms with van der Waals surface area (Å²) in [5, 5.41) is 0. The van der Waals surface area contributed by atoms with Crippen LogP contribution in [0.5, 0.6) is 0 Å². The summed E-state index contributed by atoms with van der Waals surface area (Å²) in [5.41, 5.74) is 0. The second-order valence-corrected chi connectivity index (χ2v) is 4.91. The minimum Gasteiger partial charge on any atom is -0.466 e. The highest BCUT2D eigenvalue weighted by Gasteiger charge is 2.34. The average molecular weight is 255 g/mol. The van der Waals surface area contributed by atoms with Gasteiger partial charge in [0, 0.05) is 19.5 Å². The van der Waals surface area contributed by atoms with E-state index in [9.17, 15) is 9.59 Å². The predicted octanol–water partition coefficient (Wildman–Crippen LogP) is 2.37. The number of carbonyl (C=O) groups is 2. The lowest BCUT2D eigenvalue weighted by molar-refractivity contribution is -0.147. The molecule has 4 nitrogen and oxygen atoms in total. The lowest BCUT2D eigenvalue weighted by Crippen LogP contribution is -2.27. The van der Waals surface area contributed by atoms with Crippen LogP contribution < -0.4 is 0 Å². The molecule has 0 aromatic carbocycles. The summed E-state index contributed by atoms with van der Waals surface area (Å²) < 4.78 is 4.96. The van der Waals surface area contributed by atoms with E-state index < -0.39 is 0 Å². The Kier molecular flexibility index (Phi) is 6.76. The first-order chi connectivity index (χ1) is 8.69. The van der Waals surface area contributed by atoms with E-state index in [1.54, 1.807) is 6.92 Å². The Morgan fingerprint density at radius 2 is 2.00 bits per heavy atom. The van der Waals surface area contributed by atoms with Crippen molar-refractivity contribution in [3.8, 4) is 0 Å². The predicted molar refractivity (Wildman–Crippen MR) is 70.1 cm³/mol. The monoisotopic (exact) mass is 255 g/mol. The first kappa shape index (κ1) is 15.0. The molecular weight excluding hydrogens is 230 g/mol. The summed E-state index contributed by atoms with van der Waals surface area (Å²) in [4.78, 5) is 25.1. The third kappa shape index (κ3) is 4.67. The molecule has 0 radical (unpaired) electrons. The van der Waals surface area contributed by atoms with Crippen LogP contribution in [0.15, 0.2) is 0 Å². The number of esters is 1. The summed E-state index contributed by atoms with van der Waals surface area (Å²) in [5.74, 6) is -0.365. The van der Waals surface area contributed by atoms with Gasteiger partial charge in [0.05, 0.1) is 12.5 Å². The van der Waals surface area contributed by atoms with Crippen molar-refractivity contribution >= 4 is 11.9 Å². The van der Waals surface area contributed by atoms with Crippen LogP contribution in [0.4, 0.5) is 0 Å². The standard InChI is InChI=1S/C14H25NO3/c1-3-5-6-7-8-9-15-11-12(10-13(15)16)14(17)18-4-2/h12H,3-11H2,1-2H3. The summed E-state index contributed by atoms with van der Waals surface area (Å²) in [6.45, 7) is 5.71. The van der Waals surface area contributed by atoms with E-state index in [1.165, 1.54) is 25.7 Å². The second kappa shape index (κ2) is 8.11. The quantitative estimate of drug-likeness (QED) is 0.494. The van der Waals surface area contributed by atoms with Crippen molar-refractivity contribution in [2.75, 3.05) is 19.7 Å². The minimum atomic E-state index is -0.243. The molecule has 1 fully saturated rings. The molecule has 1 unspecified atom stereocenters. The number of hydrogen-bond donors (Lipinski definition) is 0. The maximum atomic E-state index is 11.7. The molecule has 1 rings (SSSR count). The molecule has 0 N–H and O–H groups in total.